The molecule has 124 valence electrons. The molecule has 7 heteroatoms. The quantitative estimate of drug-likeness (QED) is 0.636. The number of nitrogens with zero attached hydrogens (tertiary/aromatic N) is 3. The Kier molecular flexibility index (Phi) is 3.92. The van der Waals surface area contributed by atoms with E-state index in [2.05, 4.69) is 5.16 Å². The second-order valence-corrected chi connectivity index (χ2v) is 5.74. The lowest BCUT2D eigenvalue weighted by Crippen LogP contribution is -2.35. The lowest BCUT2D eigenvalue weighted by atomic mass is 10.1. The topological polar surface area (TPSA) is 83.7 Å². The van der Waals surface area contributed by atoms with Crippen molar-refractivity contribution >= 4 is 17.8 Å². The summed E-state index contributed by atoms with van der Waals surface area (Å²) in [6.45, 7) is 5.12. The number of imide groups is 2. The second kappa shape index (κ2) is 5.92. The molecular weight excluding hydrogens is 310 g/mol. The fourth-order valence-corrected chi connectivity index (χ4v) is 2.77. The van der Waals surface area contributed by atoms with Crippen LogP contribution in [0.15, 0.2) is 34.9 Å². The van der Waals surface area contributed by atoms with Gasteiger partial charge in [0.1, 0.15) is 5.76 Å². The number of hydrogen-bond acceptors (Lipinski definition) is 5. The summed E-state index contributed by atoms with van der Waals surface area (Å²) in [7, 11) is 0. The maximum absolute atomic E-state index is 12.6. The first kappa shape index (κ1) is 15.9. The Morgan fingerprint density at radius 2 is 1.75 bits per heavy atom. The molecule has 1 aliphatic heterocycles. The molecule has 7 nitrogen and oxygen atoms in total. The van der Waals surface area contributed by atoms with E-state index < -0.39 is 23.9 Å². The van der Waals surface area contributed by atoms with Gasteiger partial charge >= 0.3 is 17.8 Å². The van der Waals surface area contributed by atoms with Crippen LogP contribution in [0.3, 0.4) is 0 Å². The Morgan fingerprint density at radius 1 is 1.08 bits per heavy atom. The third kappa shape index (κ3) is 2.47. The van der Waals surface area contributed by atoms with Gasteiger partial charge in [0.2, 0.25) is 0 Å². The average molecular weight is 327 g/mol. The molecule has 2 heterocycles. The molecule has 0 spiro atoms. The summed E-state index contributed by atoms with van der Waals surface area (Å²) in [5.41, 5.74) is 2.01. The number of amides is 4. The van der Waals surface area contributed by atoms with E-state index in [1.807, 2.05) is 30.3 Å². The Bertz CT molecular complexity index is 793. The first-order valence-electron chi connectivity index (χ1n) is 7.57. The highest BCUT2D eigenvalue weighted by atomic mass is 16.5. The van der Waals surface area contributed by atoms with E-state index in [-0.39, 0.29) is 6.54 Å². The standard InChI is InChI=1S/C17H17N3O4/c1-10-14(12(3)24-18-10)9-19-15(21)16(22)20(17(19)23)11(2)13-7-5-4-6-8-13/h4-8,11H,9H2,1-3H3/t11-/m0/s1. The van der Waals surface area contributed by atoms with Gasteiger partial charge in [-0.3, -0.25) is 14.5 Å². The van der Waals surface area contributed by atoms with Gasteiger partial charge in [0, 0.05) is 5.56 Å². The Morgan fingerprint density at radius 3 is 2.33 bits per heavy atom. The van der Waals surface area contributed by atoms with Crippen LogP contribution in [0.25, 0.3) is 0 Å². The minimum absolute atomic E-state index is 0.0252. The number of benzene rings is 1. The molecule has 24 heavy (non-hydrogen) atoms. The van der Waals surface area contributed by atoms with Crippen molar-refractivity contribution in [1.82, 2.24) is 15.0 Å². The molecule has 1 saturated heterocycles. The molecule has 1 atom stereocenters. The molecule has 0 saturated carbocycles. The summed E-state index contributed by atoms with van der Waals surface area (Å²) in [6, 6.07) is 7.96. The van der Waals surface area contributed by atoms with Crippen molar-refractivity contribution in [2.45, 2.75) is 33.4 Å². The Hall–Kier alpha value is -2.96. The molecule has 0 radical (unpaired) electrons. The number of aryl methyl sites for hydroxylation is 2. The maximum atomic E-state index is 12.6. The zero-order valence-electron chi connectivity index (χ0n) is 13.6. The summed E-state index contributed by atoms with van der Waals surface area (Å²) in [5.74, 6) is -1.12. The summed E-state index contributed by atoms with van der Waals surface area (Å²) < 4.78 is 5.05. The van der Waals surface area contributed by atoms with Gasteiger partial charge < -0.3 is 4.52 Å². The highest BCUT2D eigenvalue weighted by Crippen LogP contribution is 2.28. The van der Waals surface area contributed by atoms with Crippen molar-refractivity contribution in [3.05, 3.63) is 52.9 Å². The zero-order chi connectivity index (χ0) is 17.4. The van der Waals surface area contributed by atoms with Crippen LogP contribution >= 0.6 is 0 Å². The monoisotopic (exact) mass is 327 g/mol. The van der Waals surface area contributed by atoms with Crippen LogP contribution in [0.4, 0.5) is 4.79 Å². The highest BCUT2D eigenvalue weighted by molar-refractivity contribution is 6.44. The van der Waals surface area contributed by atoms with Crippen molar-refractivity contribution in [1.29, 1.82) is 0 Å². The third-order valence-electron chi connectivity index (χ3n) is 4.25. The van der Waals surface area contributed by atoms with Crippen LogP contribution in [0.5, 0.6) is 0 Å². The lowest BCUT2D eigenvalue weighted by Gasteiger charge is -2.22. The zero-order valence-corrected chi connectivity index (χ0v) is 13.6. The van der Waals surface area contributed by atoms with Gasteiger partial charge in [-0.2, -0.15) is 0 Å². The summed E-state index contributed by atoms with van der Waals surface area (Å²) in [5, 5.41) is 3.81. The number of carbonyl (C=O) groups is 3. The summed E-state index contributed by atoms with van der Waals surface area (Å²) >= 11 is 0. The predicted octanol–water partition coefficient (Wildman–Crippen LogP) is 2.34. The molecule has 1 aliphatic rings. The summed E-state index contributed by atoms with van der Waals surface area (Å²) in [6.07, 6.45) is 0. The fraction of sp³-hybridized carbons (Fsp3) is 0.294. The van der Waals surface area contributed by atoms with Crippen molar-refractivity contribution in [2.24, 2.45) is 0 Å². The van der Waals surface area contributed by atoms with Gasteiger partial charge in [0.05, 0.1) is 18.3 Å². The average Bonchev–Trinajstić information content (AvgIpc) is 3.00. The number of carbonyl (C=O) groups excluding carboxylic acids is 3. The molecule has 1 aromatic heterocycles. The van der Waals surface area contributed by atoms with Gasteiger partial charge in [-0.1, -0.05) is 35.5 Å². The van der Waals surface area contributed by atoms with Crippen LogP contribution in [0.2, 0.25) is 0 Å². The number of aromatic nitrogens is 1. The first-order chi connectivity index (χ1) is 11.4. The third-order valence-corrected chi connectivity index (χ3v) is 4.25. The maximum Gasteiger partial charge on any atom is 0.335 e. The second-order valence-electron chi connectivity index (χ2n) is 5.74. The number of hydrogen-bond donors (Lipinski definition) is 0. The smallest absolute Gasteiger partial charge is 0.335 e. The van der Waals surface area contributed by atoms with Crippen molar-refractivity contribution in [3.8, 4) is 0 Å². The minimum atomic E-state index is -0.831. The van der Waals surface area contributed by atoms with E-state index in [0.29, 0.717) is 17.0 Å². The predicted molar refractivity (Wildman–Crippen MR) is 83.6 cm³/mol. The van der Waals surface area contributed by atoms with Crippen LogP contribution in [0, 0.1) is 13.8 Å². The molecule has 0 bridgehead atoms. The van der Waals surface area contributed by atoms with E-state index in [9.17, 15) is 14.4 Å². The van der Waals surface area contributed by atoms with E-state index >= 15 is 0 Å². The molecule has 4 amide bonds. The normalized spacial score (nSPS) is 16.2. The first-order valence-corrected chi connectivity index (χ1v) is 7.57. The minimum Gasteiger partial charge on any atom is -0.361 e. The van der Waals surface area contributed by atoms with Crippen LogP contribution in [-0.4, -0.2) is 32.8 Å². The Balaban J connectivity index is 1.88. The largest absolute Gasteiger partial charge is 0.361 e. The lowest BCUT2D eigenvalue weighted by molar-refractivity contribution is -0.144. The molecule has 2 aromatic rings. The summed E-state index contributed by atoms with van der Waals surface area (Å²) in [4.78, 5) is 39.2. The van der Waals surface area contributed by atoms with Crippen molar-refractivity contribution < 1.29 is 18.9 Å². The molecule has 1 aromatic carbocycles. The van der Waals surface area contributed by atoms with Gasteiger partial charge in [0.25, 0.3) is 0 Å². The molecule has 0 unspecified atom stereocenters. The van der Waals surface area contributed by atoms with Gasteiger partial charge in [0.15, 0.2) is 0 Å². The van der Waals surface area contributed by atoms with E-state index in [4.69, 9.17) is 4.52 Å². The van der Waals surface area contributed by atoms with Gasteiger partial charge in [-0.15, -0.1) is 0 Å². The molecule has 3 rings (SSSR count). The molecule has 1 fully saturated rings. The molecule has 0 aliphatic carbocycles. The SMILES string of the molecule is Cc1noc(C)c1CN1C(=O)C(=O)N([C@@H](C)c2ccccc2)C1=O. The van der Waals surface area contributed by atoms with E-state index in [1.54, 1.807) is 20.8 Å². The van der Waals surface area contributed by atoms with Crippen LogP contribution in [0.1, 0.15) is 35.5 Å². The van der Waals surface area contributed by atoms with Crippen LogP contribution in [-0.2, 0) is 16.1 Å². The molecule has 0 N–H and O–H groups in total. The van der Waals surface area contributed by atoms with E-state index in [1.165, 1.54) is 0 Å². The van der Waals surface area contributed by atoms with Crippen molar-refractivity contribution in [3.63, 3.8) is 0 Å². The highest BCUT2D eigenvalue weighted by Gasteiger charge is 2.47. The van der Waals surface area contributed by atoms with Crippen LogP contribution < -0.4 is 0 Å². The fourth-order valence-electron chi connectivity index (χ4n) is 2.77. The van der Waals surface area contributed by atoms with E-state index in [0.717, 1.165) is 15.4 Å². The number of rotatable bonds is 4. The van der Waals surface area contributed by atoms with Gasteiger partial charge in [-0.25, -0.2) is 9.69 Å². The Labute approximate surface area is 138 Å². The van der Waals surface area contributed by atoms with Crippen molar-refractivity contribution in [2.75, 3.05) is 0 Å². The number of urea groups is 1. The molecular formula is C17H17N3O4. The van der Waals surface area contributed by atoms with Gasteiger partial charge in [-0.05, 0) is 26.3 Å².